The standard InChI is InChI=1S/C12H22N4OS/c1-15-5-6-16(2)9(8-15)7-14-11(17)12(3-4-12)10(13)18/h9H,3-8H2,1-2H3,(H2,13,18)(H,14,17). The van der Waals surface area contributed by atoms with Crippen LogP contribution in [-0.2, 0) is 4.79 Å². The van der Waals surface area contributed by atoms with Crippen LogP contribution in [0.2, 0.25) is 0 Å². The molecule has 1 unspecified atom stereocenters. The maximum Gasteiger partial charge on any atom is 0.233 e. The highest BCUT2D eigenvalue weighted by molar-refractivity contribution is 7.80. The molecule has 1 saturated carbocycles. The van der Waals surface area contributed by atoms with Crippen molar-refractivity contribution >= 4 is 23.1 Å². The van der Waals surface area contributed by atoms with E-state index in [1.165, 1.54) is 0 Å². The highest BCUT2D eigenvalue weighted by Crippen LogP contribution is 2.46. The number of nitrogens with one attached hydrogen (secondary N) is 1. The predicted molar refractivity (Wildman–Crippen MR) is 75.4 cm³/mol. The van der Waals surface area contributed by atoms with Crippen LogP contribution in [0.25, 0.3) is 0 Å². The maximum atomic E-state index is 12.1. The number of hydrogen-bond acceptors (Lipinski definition) is 4. The summed E-state index contributed by atoms with van der Waals surface area (Å²) in [5, 5.41) is 3.01. The largest absolute Gasteiger partial charge is 0.392 e. The number of piperazine rings is 1. The van der Waals surface area contributed by atoms with Crippen LogP contribution >= 0.6 is 12.2 Å². The Bertz CT molecular complexity index is 356. The predicted octanol–water partition coefficient (Wildman–Crippen LogP) is -0.585. The van der Waals surface area contributed by atoms with Gasteiger partial charge in [-0.2, -0.15) is 0 Å². The summed E-state index contributed by atoms with van der Waals surface area (Å²) in [5.74, 6) is 0.0108. The quantitative estimate of drug-likeness (QED) is 0.669. The first-order valence-electron chi connectivity index (χ1n) is 6.43. The lowest BCUT2D eigenvalue weighted by atomic mass is 10.1. The molecule has 1 aliphatic carbocycles. The van der Waals surface area contributed by atoms with Crippen LogP contribution in [0.5, 0.6) is 0 Å². The van der Waals surface area contributed by atoms with Gasteiger partial charge in [-0.1, -0.05) is 12.2 Å². The lowest BCUT2D eigenvalue weighted by molar-refractivity contribution is -0.124. The fourth-order valence-corrected chi connectivity index (χ4v) is 2.71. The number of likely N-dealkylation sites (N-methyl/N-ethyl adjacent to an activating group) is 2. The Morgan fingerprint density at radius 2 is 2.11 bits per heavy atom. The molecule has 18 heavy (non-hydrogen) atoms. The molecule has 1 amide bonds. The van der Waals surface area contributed by atoms with Crippen molar-refractivity contribution < 1.29 is 4.79 Å². The molecule has 1 saturated heterocycles. The van der Waals surface area contributed by atoms with E-state index in [0.29, 0.717) is 17.6 Å². The van der Waals surface area contributed by atoms with Crippen LogP contribution in [0.15, 0.2) is 0 Å². The van der Waals surface area contributed by atoms with Crippen molar-refractivity contribution in [3.63, 3.8) is 0 Å². The zero-order valence-electron chi connectivity index (χ0n) is 11.1. The SMILES string of the molecule is CN1CCN(C)C(CNC(=O)C2(C(N)=S)CC2)C1. The molecular weight excluding hydrogens is 248 g/mol. The topological polar surface area (TPSA) is 61.6 Å². The Labute approximate surface area is 114 Å². The molecule has 6 heteroatoms. The Hall–Kier alpha value is -0.720. The molecule has 2 rings (SSSR count). The minimum absolute atomic E-state index is 0.0108. The Kier molecular flexibility index (Phi) is 3.89. The Balaban J connectivity index is 1.84. The highest BCUT2D eigenvalue weighted by atomic mass is 32.1. The fourth-order valence-electron chi connectivity index (χ4n) is 2.41. The number of amides is 1. The second-order valence-electron chi connectivity index (χ2n) is 5.55. The monoisotopic (exact) mass is 270 g/mol. The van der Waals surface area contributed by atoms with Crippen LogP contribution in [0.3, 0.4) is 0 Å². The zero-order chi connectivity index (χ0) is 13.3. The van der Waals surface area contributed by atoms with Gasteiger partial charge in [-0.05, 0) is 26.9 Å². The van der Waals surface area contributed by atoms with E-state index < -0.39 is 5.41 Å². The molecule has 1 atom stereocenters. The Morgan fingerprint density at radius 1 is 1.44 bits per heavy atom. The molecule has 102 valence electrons. The van der Waals surface area contributed by atoms with Gasteiger partial charge in [0, 0.05) is 32.2 Å². The average molecular weight is 270 g/mol. The van der Waals surface area contributed by atoms with E-state index in [9.17, 15) is 4.79 Å². The number of hydrogen-bond donors (Lipinski definition) is 2. The van der Waals surface area contributed by atoms with Gasteiger partial charge in [0.15, 0.2) is 0 Å². The summed E-state index contributed by atoms with van der Waals surface area (Å²) in [5.41, 5.74) is 5.11. The highest BCUT2D eigenvalue weighted by Gasteiger charge is 2.52. The molecule has 2 fully saturated rings. The lowest BCUT2D eigenvalue weighted by Gasteiger charge is -2.37. The minimum Gasteiger partial charge on any atom is -0.392 e. The third-order valence-corrected chi connectivity index (χ3v) is 4.53. The summed E-state index contributed by atoms with van der Waals surface area (Å²) in [6, 6.07) is 0.370. The fraction of sp³-hybridized carbons (Fsp3) is 0.833. The van der Waals surface area contributed by atoms with E-state index in [0.717, 1.165) is 32.5 Å². The van der Waals surface area contributed by atoms with Crippen LogP contribution < -0.4 is 11.1 Å². The zero-order valence-corrected chi connectivity index (χ0v) is 11.9. The number of thiocarbonyl (C=S) groups is 1. The lowest BCUT2D eigenvalue weighted by Crippen LogP contribution is -2.55. The summed E-state index contributed by atoms with van der Waals surface area (Å²) in [7, 11) is 4.21. The average Bonchev–Trinajstić information content (AvgIpc) is 3.11. The third kappa shape index (κ3) is 2.65. The summed E-state index contributed by atoms with van der Waals surface area (Å²) < 4.78 is 0. The molecule has 0 aromatic carbocycles. The van der Waals surface area contributed by atoms with Crippen molar-refractivity contribution in [2.45, 2.75) is 18.9 Å². The normalized spacial score (nSPS) is 27.8. The molecule has 1 aliphatic heterocycles. The van der Waals surface area contributed by atoms with Crippen molar-refractivity contribution in [3.05, 3.63) is 0 Å². The van der Waals surface area contributed by atoms with Gasteiger partial charge < -0.3 is 16.0 Å². The summed E-state index contributed by atoms with van der Waals surface area (Å²) in [6.45, 7) is 3.77. The van der Waals surface area contributed by atoms with E-state index >= 15 is 0 Å². The van der Waals surface area contributed by atoms with Gasteiger partial charge in [0.1, 0.15) is 0 Å². The molecule has 0 aromatic heterocycles. The number of carbonyl (C=O) groups is 1. The van der Waals surface area contributed by atoms with Crippen molar-refractivity contribution in [2.24, 2.45) is 11.1 Å². The first-order chi connectivity index (χ1) is 8.45. The molecular formula is C12H22N4OS. The summed E-state index contributed by atoms with van der Waals surface area (Å²) in [4.78, 5) is 17.0. The molecule has 0 radical (unpaired) electrons. The second-order valence-corrected chi connectivity index (χ2v) is 5.99. The van der Waals surface area contributed by atoms with Crippen LogP contribution in [0, 0.1) is 5.41 Å². The second kappa shape index (κ2) is 5.11. The maximum absolute atomic E-state index is 12.1. The first kappa shape index (κ1) is 13.7. The number of nitrogens with zero attached hydrogens (tertiary/aromatic N) is 2. The number of rotatable bonds is 4. The molecule has 2 aliphatic rings. The molecule has 0 aromatic rings. The van der Waals surface area contributed by atoms with Gasteiger partial charge in [-0.25, -0.2) is 0 Å². The summed E-state index contributed by atoms with van der Waals surface area (Å²) >= 11 is 4.98. The van der Waals surface area contributed by atoms with Crippen LogP contribution in [0.1, 0.15) is 12.8 Å². The van der Waals surface area contributed by atoms with Gasteiger partial charge >= 0.3 is 0 Å². The van der Waals surface area contributed by atoms with E-state index in [-0.39, 0.29) is 5.91 Å². The van der Waals surface area contributed by atoms with Crippen molar-refractivity contribution in [3.8, 4) is 0 Å². The Morgan fingerprint density at radius 3 is 2.67 bits per heavy atom. The van der Waals surface area contributed by atoms with Gasteiger partial charge in [-0.15, -0.1) is 0 Å². The van der Waals surface area contributed by atoms with E-state index in [2.05, 4.69) is 29.2 Å². The smallest absolute Gasteiger partial charge is 0.233 e. The van der Waals surface area contributed by atoms with Gasteiger partial charge in [0.05, 0.1) is 10.4 Å². The van der Waals surface area contributed by atoms with Crippen LogP contribution in [0.4, 0.5) is 0 Å². The molecule has 1 heterocycles. The third-order valence-electron chi connectivity index (χ3n) is 4.13. The van der Waals surface area contributed by atoms with E-state index in [1.54, 1.807) is 0 Å². The molecule has 5 nitrogen and oxygen atoms in total. The van der Waals surface area contributed by atoms with Crippen molar-refractivity contribution in [2.75, 3.05) is 40.3 Å². The summed E-state index contributed by atoms with van der Waals surface area (Å²) in [6.07, 6.45) is 1.60. The van der Waals surface area contributed by atoms with Crippen LogP contribution in [-0.4, -0.2) is 67.0 Å². The van der Waals surface area contributed by atoms with Gasteiger partial charge in [0.2, 0.25) is 5.91 Å². The van der Waals surface area contributed by atoms with Crippen molar-refractivity contribution in [1.82, 2.24) is 15.1 Å². The van der Waals surface area contributed by atoms with Gasteiger partial charge in [0.25, 0.3) is 0 Å². The number of nitrogens with two attached hydrogens (primary N) is 1. The van der Waals surface area contributed by atoms with Gasteiger partial charge in [-0.3, -0.25) is 9.69 Å². The first-order valence-corrected chi connectivity index (χ1v) is 6.83. The molecule has 3 N–H and O–H groups in total. The molecule has 0 bridgehead atoms. The minimum atomic E-state index is -0.533. The van der Waals surface area contributed by atoms with Crippen molar-refractivity contribution in [1.29, 1.82) is 0 Å². The molecule has 0 spiro atoms. The van der Waals surface area contributed by atoms with E-state index in [1.807, 2.05) is 0 Å². The number of carbonyl (C=O) groups excluding carboxylic acids is 1. The van der Waals surface area contributed by atoms with E-state index in [4.69, 9.17) is 18.0 Å².